The molecule has 4 N–H and O–H groups in total. The summed E-state index contributed by atoms with van der Waals surface area (Å²) in [6.07, 6.45) is 0.753. The number of hydrogen-bond donors (Lipinski definition) is 3. The van der Waals surface area contributed by atoms with Gasteiger partial charge in [-0.15, -0.1) is 24.0 Å². The van der Waals surface area contributed by atoms with Crippen molar-refractivity contribution in [2.24, 2.45) is 10.7 Å². The van der Waals surface area contributed by atoms with Crippen LogP contribution in [0.2, 0.25) is 0 Å². The summed E-state index contributed by atoms with van der Waals surface area (Å²) in [5.74, 6) is 0.369. The van der Waals surface area contributed by atoms with Crippen LogP contribution in [0.5, 0.6) is 0 Å². The Morgan fingerprint density at radius 1 is 1.33 bits per heavy atom. The van der Waals surface area contributed by atoms with Crippen LogP contribution in [0.1, 0.15) is 30.6 Å². The molecule has 118 valence electrons. The summed E-state index contributed by atoms with van der Waals surface area (Å²) in [5.41, 5.74) is 6.32. The average Bonchev–Trinajstić information content (AvgIpc) is 2.38. The minimum Gasteiger partial charge on any atom is -0.370 e. The van der Waals surface area contributed by atoms with E-state index in [1.54, 1.807) is 12.1 Å². The van der Waals surface area contributed by atoms with Crippen LogP contribution in [0.15, 0.2) is 33.7 Å². The molecule has 0 bridgehead atoms. The maximum absolute atomic E-state index is 11.8. The fourth-order valence-electron chi connectivity index (χ4n) is 1.53. The molecule has 0 heterocycles. The van der Waals surface area contributed by atoms with Gasteiger partial charge < -0.3 is 16.4 Å². The smallest absolute Gasteiger partial charge is 0.251 e. The average molecular weight is 469 g/mol. The summed E-state index contributed by atoms with van der Waals surface area (Å²) in [5, 5.41) is 5.86. The minimum absolute atomic E-state index is 0. The third-order valence-corrected chi connectivity index (χ3v) is 2.97. The van der Waals surface area contributed by atoms with Gasteiger partial charge >= 0.3 is 0 Å². The molecule has 0 atom stereocenters. The van der Waals surface area contributed by atoms with Crippen LogP contribution in [-0.4, -0.2) is 31.0 Å². The van der Waals surface area contributed by atoms with Crippen LogP contribution in [0.3, 0.4) is 0 Å². The number of nitrogens with one attached hydrogen (secondary N) is 2. The van der Waals surface area contributed by atoms with Crippen molar-refractivity contribution in [2.45, 2.75) is 26.3 Å². The zero-order valence-corrected chi connectivity index (χ0v) is 16.1. The van der Waals surface area contributed by atoms with Crippen molar-refractivity contribution in [3.05, 3.63) is 34.3 Å². The first-order valence-electron chi connectivity index (χ1n) is 6.59. The summed E-state index contributed by atoms with van der Waals surface area (Å²) in [4.78, 5) is 16.0. The van der Waals surface area contributed by atoms with E-state index in [1.807, 2.05) is 26.0 Å². The van der Waals surface area contributed by atoms with E-state index in [0.717, 1.165) is 10.9 Å². The first-order valence-corrected chi connectivity index (χ1v) is 7.38. The number of benzene rings is 1. The van der Waals surface area contributed by atoms with Crippen LogP contribution < -0.4 is 16.4 Å². The highest BCUT2D eigenvalue weighted by molar-refractivity contribution is 14.0. The Kier molecular flexibility index (Phi) is 10.4. The largest absolute Gasteiger partial charge is 0.370 e. The molecule has 0 spiro atoms. The van der Waals surface area contributed by atoms with E-state index in [-0.39, 0.29) is 35.9 Å². The van der Waals surface area contributed by atoms with Crippen LogP contribution in [0.4, 0.5) is 0 Å². The summed E-state index contributed by atoms with van der Waals surface area (Å²) in [6, 6.07) is 7.52. The number of aliphatic imine (C=N–C) groups is 1. The van der Waals surface area contributed by atoms with Gasteiger partial charge in [-0.05, 0) is 44.5 Å². The normalized spacial score (nSPS) is 11.0. The number of hydrogen-bond acceptors (Lipinski definition) is 2. The second kappa shape index (κ2) is 10.8. The Morgan fingerprint density at radius 2 is 1.95 bits per heavy atom. The topological polar surface area (TPSA) is 79.5 Å². The maximum atomic E-state index is 11.8. The molecule has 0 radical (unpaired) electrons. The molecule has 1 rings (SSSR count). The predicted octanol–water partition coefficient (Wildman–Crippen LogP) is 2.50. The molecule has 1 aromatic carbocycles. The van der Waals surface area contributed by atoms with Crippen molar-refractivity contribution in [1.29, 1.82) is 0 Å². The van der Waals surface area contributed by atoms with E-state index in [9.17, 15) is 4.79 Å². The predicted molar refractivity (Wildman–Crippen MR) is 101 cm³/mol. The molecule has 1 aromatic rings. The zero-order chi connectivity index (χ0) is 15.0. The summed E-state index contributed by atoms with van der Waals surface area (Å²) in [6.45, 7) is 5.17. The van der Waals surface area contributed by atoms with Crippen molar-refractivity contribution in [3.63, 3.8) is 0 Å². The number of halogens is 2. The highest BCUT2D eigenvalue weighted by Crippen LogP contribution is 2.10. The first kappa shape index (κ1) is 20.2. The Morgan fingerprint density at radius 3 is 2.52 bits per heavy atom. The SMILES string of the molecule is CC(C)NC(N)=NCCCNC(=O)c1ccc(Br)cc1.I. The van der Waals surface area contributed by atoms with Gasteiger partial charge in [0.15, 0.2) is 5.96 Å². The third-order valence-electron chi connectivity index (χ3n) is 2.45. The van der Waals surface area contributed by atoms with Crippen LogP contribution >= 0.6 is 39.9 Å². The summed E-state index contributed by atoms with van der Waals surface area (Å²) in [7, 11) is 0. The van der Waals surface area contributed by atoms with E-state index < -0.39 is 0 Å². The van der Waals surface area contributed by atoms with E-state index >= 15 is 0 Å². The van der Waals surface area contributed by atoms with Crippen LogP contribution in [0.25, 0.3) is 0 Å². The lowest BCUT2D eigenvalue weighted by Crippen LogP contribution is -2.37. The lowest BCUT2D eigenvalue weighted by molar-refractivity contribution is 0.0953. The molecule has 5 nitrogen and oxygen atoms in total. The Hall–Kier alpha value is -0.830. The molecule has 0 aliphatic carbocycles. The van der Waals surface area contributed by atoms with Crippen molar-refractivity contribution in [2.75, 3.05) is 13.1 Å². The Bertz CT molecular complexity index is 463. The minimum atomic E-state index is -0.0743. The van der Waals surface area contributed by atoms with Crippen LogP contribution in [-0.2, 0) is 0 Å². The monoisotopic (exact) mass is 468 g/mol. The quantitative estimate of drug-likeness (QED) is 0.260. The molecule has 7 heteroatoms. The maximum Gasteiger partial charge on any atom is 0.251 e. The highest BCUT2D eigenvalue weighted by Gasteiger charge is 2.03. The van der Waals surface area contributed by atoms with Crippen molar-refractivity contribution in [1.82, 2.24) is 10.6 Å². The Balaban J connectivity index is 0.00000400. The highest BCUT2D eigenvalue weighted by atomic mass is 127. The lowest BCUT2D eigenvalue weighted by atomic mass is 10.2. The molecule has 0 aliphatic rings. The number of guanidine groups is 1. The van der Waals surface area contributed by atoms with Gasteiger partial charge in [0.25, 0.3) is 5.91 Å². The summed E-state index contributed by atoms with van der Waals surface area (Å²) >= 11 is 3.33. The molecule has 0 aromatic heterocycles. The lowest BCUT2D eigenvalue weighted by Gasteiger charge is -2.08. The fraction of sp³-hybridized carbons (Fsp3) is 0.429. The number of carbonyl (C=O) groups excluding carboxylic acids is 1. The second-order valence-electron chi connectivity index (χ2n) is 4.68. The van der Waals surface area contributed by atoms with E-state index in [0.29, 0.717) is 24.6 Å². The number of amides is 1. The number of rotatable bonds is 6. The standard InChI is InChI=1S/C14H21BrN4O.HI/c1-10(2)19-14(16)18-9-3-8-17-13(20)11-4-6-12(15)7-5-11;/h4-7,10H,3,8-9H2,1-2H3,(H,17,20)(H3,16,18,19);1H. The van der Waals surface area contributed by atoms with Gasteiger partial charge in [0, 0.05) is 29.2 Å². The second-order valence-corrected chi connectivity index (χ2v) is 5.60. The Labute approximate surface area is 151 Å². The van der Waals surface area contributed by atoms with E-state index in [4.69, 9.17) is 5.73 Å². The van der Waals surface area contributed by atoms with Gasteiger partial charge in [0.2, 0.25) is 0 Å². The van der Waals surface area contributed by atoms with E-state index in [2.05, 4.69) is 31.6 Å². The fourth-order valence-corrected chi connectivity index (χ4v) is 1.79. The molecular weight excluding hydrogens is 447 g/mol. The van der Waals surface area contributed by atoms with Crippen molar-refractivity contribution >= 4 is 51.8 Å². The molecule has 1 amide bonds. The molecule has 0 fully saturated rings. The number of nitrogens with two attached hydrogens (primary N) is 1. The molecule has 0 saturated carbocycles. The summed E-state index contributed by atoms with van der Waals surface area (Å²) < 4.78 is 0.955. The van der Waals surface area contributed by atoms with Gasteiger partial charge in [-0.1, -0.05) is 15.9 Å². The molecule has 21 heavy (non-hydrogen) atoms. The zero-order valence-electron chi connectivity index (χ0n) is 12.2. The first-order chi connectivity index (χ1) is 9.49. The molecular formula is C14H22BrIN4O. The molecule has 0 saturated heterocycles. The van der Waals surface area contributed by atoms with Gasteiger partial charge in [-0.25, -0.2) is 0 Å². The van der Waals surface area contributed by atoms with Gasteiger partial charge in [0.05, 0.1) is 0 Å². The third kappa shape index (κ3) is 8.92. The van der Waals surface area contributed by atoms with Crippen molar-refractivity contribution < 1.29 is 4.79 Å². The van der Waals surface area contributed by atoms with Crippen molar-refractivity contribution in [3.8, 4) is 0 Å². The molecule has 0 unspecified atom stereocenters. The number of nitrogens with zero attached hydrogens (tertiary/aromatic N) is 1. The van der Waals surface area contributed by atoms with E-state index in [1.165, 1.54) is 0 Å². The van der Waals surface area contributed by atoms with Gasteiger partial charge in [0.1, 0.15) is 0 Å². The molecule has 0 aliphatic heterocycles. The van der Waals surface area contributed by atoms with Gasteiger partial charge in [-0.3, -0.25) is 9.79 Å². The number of carbonyl (C=O) groups is 1. The van der Waals surface area contributed by atoms with Gasteiger partial charge in [-0.2, -0.15) is 0 Å². The van der Waals surface area contributed by atoms with Crippen LogP contribution in [0, 0.1) is 0 Å².